The third kappa shape index (κ3) is 25.5. The number of carbonyl (C=O) groups is 1. The van der Waals surface area contributed by atoms with E-state index >= 15 is 0 Å². The summed E-state index contributed by atoms with van der Waals surface area (Å²) in [4.78, 5) is 11.9. The number of ether oxygens (including phenoxy) is 1. The second-order valence-corrected chi connectivity index (χ2v) is 12.8. The molecule has 0 aromatic carbocycles. The Morgan fingerprint density at radius 1 is 0.553 bits per heavy atom. The molecule has 0 bridgehead atoms. The van der Waals surface area contributed by atoms with Crippen LogP contribution in [0.5, 0.6) is 0 Å². The van der Waals surface area contributed by atoms with Crippen LogP contribution in [-0.4, -0.2) is 12.6 Å². The lowest BCUT2D eigenvalue weighted by atomic mass is 9.93. The molecule has 3 unspecified atom stereocenters. The highest BCUT2D eigenvalue weighted by atomic mass is 16.5. The molecule has 0 fully saturated rings. The molecule has 0 aromatic heterocycles. The summed E-state index contributed by atoms with van der Waals surface area (Å²) in [6, 6.07) is 0. The van der Waals surface area contributed by atoms with Crippen LogP contribution in [-0.2, 0) is 9.53 Å². The van der Waals surface area contributed by atoms with Gasteiger partial charge in [0.05, 0.1) is 6.61 Å². The van der Waals surface area contributed by atoms with E-state index in [1.807, 2.05) is 0 Å². The zero-order valence-electron chi connectivity index (χ0n) is 26.9. The van der Waals surface area contributed by atoms with Crippen molar-refractivity contribution in [2.24, 2.45) is 17.8 Å². The normalized spacial score (nSPS) is 13.8. The third-order valence-corrected chi connectivity index (χ3v) is 8.52. The van der Waals surface area contributed by atoms with Gasteiger partial charge in [-0.3, -0.25) is 0 Å². The highest BCUT2D eigenvalue weighted by Crippen LogP contribution is 2.22. The van der Waals surface area contributed by atoms with E-state index < -0.39 is 0 Å². The molecule has 0 heterocycles. The summed E-state index contributed by atoms with van der Waals surface area (Å²) in [6.45, 7) is 15.5. The molecule has 0 aliphatic rings. The molecule has 0 saturated heterocycles. The van der Waals surface area contributed by atoms with Gasteiger partial charge in [0.1, 0.15) is 0 Å². The Balaban J connectivity index is 3.97. The molecule has 0 radical (unpaired) electrons. The quantitative estimate of drug-likeness (QED) is 0.0541. The van der Waals surface area contributed by atoms with Crippen molar-refractivity contribution in [2.75, 3.05) is 6.61 Å². The van der Waals surface area contributed by atoms with Crippen LogP contribution in [0.4, 0.5) is 0 Å². The molecule has 2 nitrogen and oxygen atoms in total. The van der Waals surface area contributed by atoms with Crippen molar-refractivity contribution in [1.29, 1.82) is 0 Å². The minimum absolute atomic E-state index is 0.220. The summed E-state index contributed by atoms with van der Waals surface area (Å²) in [5, 5.41) is 0. The Hall–Kier alpha value is -0.790. The highest BCUT2D eigenvalue weighted by Gasteiger charge is 2.13. The molecule has 2 heteroatoms. The van der Waals surface area contributed by atoms with Crippen molar-refractivity contribution in [3.05, 3.63) is 12.2 Å². The molecule has 226 valence electrons. The molecule has 0 amide bonds. The number of unbranched alkanes of at least 4 members (excludes halogenated alkanes) is 14. The maximum absolute atomic E-state index is 11.9. The van der Waals surface area contributed by atoms with Gasteiger partial charge in [-0.25, -0.2) is 4.79 Å². The van der Waals surface area contributed by atoms with Crippen molar-refractivity contribution in [1.82, 2.24) is 0 Å². The SMILES string of the molecule is C=C(C)C(=O)OCC(CCCCCCCCC(C)CCCCCC)CCCCCCC(C)CCCCCC. The lowest BCUT2D eigenvalue weighted by molar-refractivity contribution is -0.140. The summed E-state index contributed by atoms with van der Waals surface area (Å²) in [6.07, 6.45) is 32.7. The first-order valence-electron chi connectivity index (χ1n) is 17.2. The molecule has 0 rings (SSSR count). The fourth-order valence-electron chi connectivity index (χ4n) is 5.67. The number of hydrogen-bond donors (Lipinski definition) is 0. The van der Waals surface area contributed by atoms with Crippen LogP contribution in [0, 0.1) is 17.8 Å². The van der Waals surface area contributed by atoms with Gasteiger partial charge in [-0.1, -0.05) is 176 Å². The Morgan fingerprint density at radius 2 is 0.868 bits per heavy atom. The van der Waals surface area contributed by atoms with Crippen molar-refractivity contribution in [3.63, 3.8) is 0 Å². The summed E-state index contributed by atoms with van der Waals surface area (Å²) in [5.74, 6) is 2.10. The summed E-state index contributed by atoms with van der Waals surface area (Å²) >= 11 is 0. The van der Waals surface area contributed by atoms with Gasteiger partial charge in [0.25, 0.3) is 0 Å². The average Bonchev–Trinajstić information content (AvgIpc) is 2.90. The van der Waals surface area contributed by atoms with E-state index in [1.54, 1.807) is 6.92 Å². The molecule has 38 heavy (non-hydrogen) atoms. The van der Waals surface area contributed by atoms with Crippen molar-refractivity contribution >= 4 is 5.97 Å². The zero-order valence-corrected chi connectivity index (χ0v) is 26.9. The number of carbonyl (C=O) groups excluding carboxylic acids is 1. The van der Waals surface area contributed by atoms with Crippen LogP contribution in [0.25, 0.3) is 0 Å². The third-order valence-electron chi connectivity index (χ3n) is 8.52. The van der Waals surface area contributed by atoms with Crippen molar-refractivity contribution in [2.45, 2.75) is 189 Å². The first kappa shape index (κ1) is 37.2. The Bertz CT molecular complexity index is 525. The lowest BCUT2D eigenvalue weighted by Gasteiger charge is -2.17. The van der Waals surface area contributed by atoms with E-state index in [1.165, 1.54) is 154 Å². The Kier molecular flexibility index (Phi) is 27.2. The van der Waals surface area contributed by atoms with Gasteiger partial charge in [0.15, 0.2) is 0 Å². The minimum Gasteiger partial charge on any atom is -0.462 e. The standard InChI is InChI=1S/C36H70O2/c1-7-9-11-19-25-33(5)27-21-15-13-14-16-23-29-35(31-38-36(37)32(3)4)30-24-18-17-22-28-34(6)26-20-12-10-8-2/h33-35H,3,7-31H2,1-2,4-6H3. The molecule has 0 spiro atoms. The van der Waals surface area contributed by atoms with Gasteiger partial charge in [0, 0.05) is 5.57 Å². The molecule has 0 saturated carbocycles. The number of rotatable bonds is 29. The number of hydrogen-bond acceptors (Lipinski definition) is 2. The van der Waals surface area contributed by atoms with E-state index in [2.05, 4.69) is 34.3 Å². The molecule has 0 aliphatic carbocycles. The number of esters is 1. The average molecular weight is 535 g/mol. The van der Waals surface area contributed by atoms with Gasteiger partial charge in [-0.05, 0) is 37.5 Å². The molecular formula is C36H70O2. The van der Waals surface area contributed by atoms with Gasteiger partial charge < -0.3 is 4.74 Å². The first-order chi connectivity index (χ1) is 18.4. The van der Waals surface area contributed by atoms with Crippen LogP contribution < -0.4 is 0 Å². The lowest BCUT2D eigenvalue weighted by Crippen LogP contribution is -2.15. The maximum atomic E-state index is 11.9. The second kappa shape index (κ2) is 27.8. The Morgan fingerprint density at radius 3 is 1.21 bits per heavy atom. The van der Waals surface area contributed by atoms with Gasteiger partial charge in [-0.2, -0.15) is 0 Å². The molecule has 0 aromatic rings. The molecule has 0 aliphatic heterocycles. The summed E-state index contributed by atoms with van der Waals surface area (Å²) < 4.78 is 5.57. The van der Waals surface area contributed by atoms with E-state index in [-0.39, 0.29) is 5.97 Å². The smallest absolute Gasteiger partial charge is 0.333 e. The van der Waals surface area contributed by atoms with Crippen molar-refractivity contribution in [3.8, 4) is 0 Å². The van der Waals surface area contributed by atoms with Crippen LogP contribution in [0.1, 0.15) is 189 Å². The molecule has 0 N–H and O–H groups in total. The monoisotopic (exact) mass is 535 g/mol. The van der Waals surface area contributed by atoms with E-state index in [0.717, 1.165) is 11.8 Å². The van der Waals surface area contributed by atoms with E-state index in [9.17, 15) is 4.79 Å². The summed E-state index contributed by atoms with van der Waals surface area (Å²) in [7, 11) is 0. The van der Waals surface area contributed by atoms with Crippen LogP contribution in [0.15, 0.2) is 12.2 Å². The van der Waals surface area contributed by atoms with E-state index in [4.69, 9.17) is 4.74 Å². The molecule has 3 atom stereocenters. The first-order valence-corrected chi connectivity index (χ1v) is 17.2. The fourth-order valence-corrected chi connectivity index (χ4v) is 5.67. The topological polar surface area (TPSA) is 26.3 Å². The van der Waals surface area contributed by atoms with Gasteiger partial charge in [-0.15, -0.1) is 0 Å². The van der Waals surface area contributed by atoms with Gasteiger partial charge in [0.2, 0.25) is 0 Å². The zero-order chi connectivity index (χ0) is 28.3. The minimum atomic E-state index is -0.220. The van der Waals surface area contributed by atoms with E-state index in [0.29, 0.717) is 18.1 Å². The van der Waals surface area contributed by atoms with Crippen LogP contribution >= 0.6 is 0 Å². The Labute approximate surface area is 240 Å². The van der Waals surface area contributed by atoms with Crippen LogP contribution in [0.2, 0.25) is 0 Å². The summed E-state index contributed by atoms with van der Waals surface area (Å²) in [5.41, 5.74) is 0.517. The second-order valence-electron chi connectivity index (χ2n) is 12.8. The fraction of sp³-hybridized carbons (Fsp3) is 0.917. The maximum Gasteiger partial charge on any atom is 0.333 e. The predicted molar refractivity (Wildman–Crippen MR) is 170 cm³/mol. The van der Waals surface area contributed by atoms with Gasteiger partial charge >= 0.3 is 5.97 Å². The molecular weight excluding hydrogens is 464 g/mol. The van der Waals surface area contributed by atoms with Crippen molar-refractivity contribution < 1.29 is 9.53 Å². The largest absolute Gasteiger partial charge is 0.462 e. The van der Waals surface area contributed by atoms with Crippen LogP contribution in [0.3, 0.4) is 0 Å². The predicted octanol–water partition coefficient (Wildman–Crippen LogP) is 12.4. The highest BCUT2D eigenvalue weighted by molar-refractivity contribution is 5.86.